The zero-order chi connectivity index (χ0) is 15.6. The topological polar surface area (TPSA) is 118 Å². The van der Waals surface area contributed by atoms with Crippen LogP contribution in [0.1, 0.15) is 0 Å². The first kappa shape index (κ1) is 17.3. The zero-order valence-corrected chi connectivity index (χ0v) is 13.6. The van der Waals surface area contributed by atoms with Gasteiger partial charge < -0.3 is 5.73 Å². The number of nitrogens with two attached hydrogens (primary N) is 1. The highest BCUT2D eigenvalue weighted by atomic mass is 79.9. The Morgan fingerprint density at radius 3 is 2.30 bits per heavy atom. The minimum Gasteiger partial charge on any atom is -0.398 e. The summed E-state index contributed by atoms with van der Waals surface area (Å²) in [6.07, 6.45) is 0.955. The minimum absolute atomic E-state index is 0.0404. The number of anilines is 1. The van der Waals surface area contributed by atoms with Gasteiger partial charge in [-0.25, -0.2) is 30.7 Å². The van der Waals surface area contributed by atoms with Crippen molar-refractivity contribution < 1.29 is 21.2 Å². The van der Waals surface area contributed by atoms with Crippen molar-refractivity contribution in [3.63, 3.8) is 0 Å². The molecule has 0 aliphatic heterocycles. The summed E-state index contributed by atoms with van der Waals surface area (Å²) in [5, 5.41) is 0. The fourth-order valence-electron chi connectivity index (χ4n) is 1.28. The van der Waals surface area contributed by atoms with Crippen LogP contribution in [-0.4, -0.2) is 36.2 Å². The van der Waals surface area contributed by atoms with Gasteiger partial charge in [0, 0.05) is 13.1 Å². The molecule has 0 atom stereocenters. The van der Waals surface area contributed by atoms with Crippen LogP contribution in [0, 0.1) is 5.82 Å². The summed E-state index contributed by atoms with van der Waals surface area (Å²) in [6, 6.07) is 1.92. The van der Waals surface area contributed by atoms with Gasteiger partial charge in [0.05, 0.1) is 16.4 Å². The fraction of sp³-hybridized carbons (Fsp3) is 0.333. The van der Waals surface area contributed by atoms with E-state index in [-0.39, 0.29) is 28.1 Å². The van der Waals surface area contributed by atoms with Gasteiger partial charge in [0.1, 0.15) is 10.7 Å². The van der Waals surface area contributed by atoms with Gasteiger partial charge in [0.25, 0.3) is 0 Å². The number of nitrogen functional groups attached to an aromatic ring is 1. The number of hydrogen-bond acceptors (Lipinski definition) is 5. The SMILES string of the molecule is CS(=O)(=O)NCCNS(=O)(=O)c1cc(Br)c(F)cc1N. The molecule has 0 fully saturated rings. The first-order valence-electron chi connectivity index (χ1n) is 5.22. The number of hydrogen-bond donors (Lipinski definition) is 3. The van der Waals surface area contributed by atoms with Gasteiger partial charge in [0.2, 0.25) is 20.0 Å². The molecule has 11 heteroatoms. The maximum absolute atomic E-state index is 13.2. The Morgan fingerprint density at radius 2 is 1.75 bits per heavy atom. The molecule has 1 aromatic carbocycles. The number of nitrogens with one attached hydrogen (secondary N) is 2. The van der Waals surface area contributed by atoms with Crippen LogP contribution < -0.4 is 15.2 Å². The molecular formula is C9H13BrFN3O4S2. The molecule has 1 rings (SSSR count). The van der Waals surface area contributed by atoms with Crippen molar-refractivity contribution >= 4 is 41.7 Å². The summed E-state index contributed by atoms with van der Waals surface area (Å²) >= 11 is 2.87. The number of rotatable bonds is 6. The standard InChI is InChI=1S/C9H13BrFN3O4S2/c1-19(15,16)13-2-3-14-20(17,18)9-4-6(10)7(11)5-8(9)12/h4-5,13-14H,2-3,12H2,1H3. The Morgan fingerprint density at radius 1 is 1.20 bits per heavy atom. The second-order valence-electron chi connectivity index (χ2n) is 3.87. The molecule has 0 saturated heterocycles. The lowest BCUT2D eigenvalue weighted by molar-refractivity contribution is 0.573. The Labute approximate surface area is 125 Å². The lowest BCUT2D eigenvalue weighted by Crippen LogP contribution is -2.34. The van der Waals surface area contributed by atoms with Gasteiger partial charge in [-0.15, -0.1) is 0 Å². The molecule has 0 radical (unpaired) electrons. The van der Waals surface area contributed by atoms with Crippen LogP contribution in [0.4, 0.5) is 10.1 Å². The van der Waals surface area contributed by atoms with E-state index in [0.29, 0.717) is 0 Å². The predicted molar refractivity (Wildman–Crippen MR) is 76.5 cm³/mol. The molecule has 114 valence electrons. The van der Waals surface area contributed by atoms with Crippen molar-refractivity contribution in [2.24, 2.45) is 0 Å². The Kier molecular flexibility index (Phi) is 5.49. The Bertz CT molecular complexity index is 706. The second kappa shape index (κ2) is 6.35. The summed E-state index contributed by atoms with van der Waals surface area (Å²) in [7, 11) is -7.35. The summed E-state index contributed by atoms with van der Waals surface area (Å²) in [5.74, 6) is -0.680. The van der Waals surface area contributed by atoms with Crippen molar-refractivity contribution in [2.45, 2.75) is 4.90 Å². The first-order chi connectivity index (χ1) is 9.03. The molecule has 0 amide bonds. The molecular weight excluding hydrogens is 377 g/mol. The van der Waals surface area contributed by atoms with E-state index >= 15 is 0 Å². The smallest absolute Gasteiger partial charge is 0.242 e. The lowest BCUT2D eigenvalue weighted by Gasteiger charge is -2.10. The van der Waals surface area contributed by atoms with Crippen molar-refractivity contribution in [3.05, 3.63) is 22.4 Å². The number of sulfonamides is 2. The third kappa shape index (κ3) is 4.98. The van der Waals surface area contributed by atoms with Crippen molar-refractivity contribution in [1.29, 1.82) is 0 Å². The molecule has 0 aromatic heterocycles. The lowest BCUT2D eigenvalue weighted by atomic mass is 10.3. The highest BCUT2D eigenvalue weighted by Crippen LogP contribution is 2.25. The summed E-state index contributed by atoms with van der Waals surface area (Å²) in [5.41, 5.74) is 5.22. The average Bonchev–Trinajstić information content (AvgIpc) is 2.28. The third-order valence-corrected chi connectivity index (χ3v) is 4.98. The molecule has 1 aromatic rings. The van der Waals surface area contributed by atoms with E-state index in [0.717, 1.165) is 18.4 Å². The van der Waals surface area contributed by atoms with E-state index in [2.05, 4.69) is 25.4 Å². The first-order valence-corrected chi connectivity index (χ1v) is 9.38. The Balaban J connectivity index is 2.82. The largest absolute Gasteiger partial charge is 0.398 e. The molecule has 20 heavy (non-hydrogen) atoms. The Hall–Kier alpha value is -0.750. The maximum Gasteiger partial charge on any atom is 0.242 e. The summed E-state index contributed by atoms with van der Waals surface area (Å²) in [6.45, 7) is -0.274. The van der Waals surface area contributed by atoms with E-state index in [1.54, 1.807) is 0 Å². The predicted octanol–water partition coefficient (Wildman–Crippen LogP) is -0.00210. The zero-order valence-electron chi connectivity index (χ0n) is 10.4. The molecule has 0 saturated carbocycles. The molecule has 0 aliphatic carbocycles. The van der Waals surface area contributed by atoms with Crippen molar-refractivity contribution in [3.8, 4) is 0 Å². The van der Waals surface area contributed by atoms with E-state index in [9.17, 15) is 21.2 Å². The summed E-state index contributed by atoms with van der Waals surface area (Å²) < 4.78 is 62.9. The molecule has 0 unspecified atom stereocenters. The van der Waals surface area contributed by atoms with Gasteiger partial charge >= 0.3 is 0 Å². The third-order valence-electron chi connectivity index (χ3n) is 2.12. The minimum atomic E-state index is -3.95. The van der Waals surface area contributed by atoms with E-state index in [1.807, 2.05) is 0 Å². The van der Waals surface area contributed by atoms with E-state index in [4.69, 9.17) is 5.73 Å². The average molecular weight is 390 g/mol. The fourth-order valence-corrected chi connectivity index (χ4v) is 3.41. The van der Waals surface area contributed by atoms with Crippen molar-refractivity contribution in [1.82, 2.24) is 9.44 Å². The highest BCUT2D eigenvalue weighted by Gasteiger charge is 2.19. The molecule has 0 heterocycles. The molecule has 0 aliphatic rings. The van der Waals surface area contributed by atoms with Crippen LogP contribution in [-0.2, 0) is 20.0 Å². The van der Waals surface area contributed by atoms with Crippen LogP contribution in [0.3, 0.4) is 0 Å². The van der Waals surface area contributed by atoms with Gasteiger partial charge in [0.15, 0.2) is 0 Å². The quantitative estimate of drug-likeness (QED) is 0.467. The second-order valence-corrected chi connectivity index (χ2v) is 8.29. The van der Waals surface area contributed by atoms with Crippen LogP contribution in [0.25, 0.3) is 0 Å². The van der Waals surface area contributed by atoms with Gasteiger partial charge in [-0.2, -0.15) is 0 Å². The molecule has 0 spiro atoms. The van der Waals surface area contributed by atoms with Crippen LogP contribution in [0.5, 0.6) is 0 Å². The molecule has 7 nitrogen and oxygen atoms in total. The van der Waals surface area contributed by atoms with Gasteiger partial charge in [-0.3, -0.25) is 0 Å². The van der Waals surface area contributed by atoms with Crippen molar-refractivity contribution in [2.75, 3.05) is 25.1 Å². The van der Waals surface area contributed by atoms with Crippen LogP contribution in [0.2, 0.25) is 0 Å². The molecule has 4 N–H and O–H groups in total. The van der Waals surface area contributed by atoms with E-state index < -0.39 is 25.9 Å². The monoisotopic (exact) mass is 389 g/mol. The maximum atomic E-state index is 13.2. The summed E-state index contributed by atoms with van der Waals surface area (Å²) in [4.78, 5) is -0.287. The number of benzene rings is 1. The van der Waals surface area contributed by atoms with Crippen LogP contribution >= 0.6 is 15.9 Å². The van der Waals surface area contributed by atoms with Gasteiger partial charge in [-0.1, -0.05) is 0 Å². The van der Waals surface area contributed by atoms with Crippen LogP contribution in [0.15, 0.2) is 21.5 Å². The van der Waals surface area contributed by atoms with Gasteiger partial charge in [-0.05, 0) is 28.1 Å². The highest BCUT2D eigenvalue weighted by molar-refractivity contribution is 9.10. The normalized spacial score (nSPS) is 12.6. The number of halogens is 2. The molecule has 0 bridgehead atoms. The van der Waals surface area contributed by atoms with E-state index in [1.165, 1.54) is 0 Å².